The molecule has 11 nitrogen and oxygen atoms in total. The Kier molecular flexibility index (Phi) is 6.87. The fourth-order valence-electron chi connectivity index (χ4n) is 3.92. The van der Waals surface area contributed by atoms with Crippen LogP contribution in [0.25, 0.3) is 0 Å². The first-order valence-electron chi connectivity index (χ1n) is 10.9. The number of carbonyl (C=O) groups excluding carboxylic acids is 5. The number of aryl methyl sites for hydroxylation is 1. The standard InChI is InChI=1S/C22H24N6O5S/c1-12-15(11-34-27-12)25-22(33)24-10-3-2-9-23-14-6-4-5-13-18(14)21(32)28(20(13)31)16-7-8-17(29)26-19(16)30/h4-6,11,16,23H,2-3,7-10H2,1H3,(H2,24,25,33)(H,26,29,30). The zero-order valence-electron chi connectivity index (χ0n) is 18.5. The summed E-state index contributed by atoms with van der Waals surface area (Å²) in [6, 6.07) is 3.65. The van der Waals surface area contributed by atoms with E-state index in [2.05, 4.69) is 25.6 Å². The molecule has 4 rings (SSSR count). The number of hydrogen-bond donors (Lipinski definition) is 4. The first kappa shape index (κ1) is 23.4. The van der Waals surface area contributed by atoms with Gasteiger partial charge in [0.1, 0.15) is 6.04 Å². The van der Waals surface area contributed by atoms with Gasteiger partial charge in [-0.1, -0.05) is 6.07 Å². The summed E-state index contributed by atoms with van der Waals surface area (Å²) in [7, 11) is 0. The molecule has 0 spiro atoms. The molecule has 0 radical (unpaired) electrons. The van der Waals surface area contributed by atoms with Gasteiger partial charge in [0.2, 0.25) is 11.8 Å². The lowest BCUT2D eigenvalue weighted by Crippen LogP contribution is -2.54. The maximum absolute atomic E-state index is 13.1. The lowest BCUT2D eigenvalue weighted by Gasteiger charge is -2.27. The number of carbonyl (C=O) groups is 5. The normalized spacial score (nSPS) is 17.4. The van der Waals surface area contributed by atoms with E-state index in [1.54, 1.807) is 23.6 Å². The van der Waals surface area contributed by atoms with Crippen LogP contribution < -0.4 is 21.3 Å². The molecular formula is C22H24N6O5S. The SMILES string of the molecule is Cc1nscc1NC(=O)NCCCCNc1cccc2c1C(=O)N(C1CCC(=O)NC1=O)C2=O. The minimum atomic E-state index is -0.996. The van der Waals surface area contributed by atoms with Gasteiger partial charge in [0.15, 0.2) is 0 Å². The van der Waals surface area contributed by atoms with Crippen molar-refractivity contribution in [1.29, 1.82) is 0 Å². The summed E-state index contributed by atoms with van der Waals surface area (Å²) in [4.78, 5) is 62.4. The highest BCUT2D eigenvalue weighted by Gasteiger charge is 2.45. The maximum Gasteiger partial charge on any atom is 0.319 e. The molecule has 0 aliphatic carbocycles. The second kappa shape index (κ2) is 10.00. The molecule has 12 heteroatoms. The highest BCUT2D eigenvalue weighted by molar-refractivity contribution is 7.04. The molecule has 34 heavy (non-hydrogen) atoms. The summed E-state index contributed by atoms with van der Waals surface area (Å²) in [6.07, 6.45) is 1.60. The van der Waals surface area contributed by atoms with Crippen LogP contribution in [0.4, 0.5) is 16.2 Å². The number of rotatable bonds is 8. The van der Waals surface area contributed by atoms with Crippen molar-refractivity contribution in [3.8, 4) is 0 Å². The van der Waals surface area contributed by atoms with E-state index in [0.717, 1.165) is 10.6 Å². The van der Waals surface area contributed by atoms with Crippen molar-refractivity contribution in [3.05, 3.63) is 40.4 Å². The summed E-state index contributed by atoms with van der Waals surface area (Å²) in [5.41, 5.74) is 2.43. The van der Waals surface area contributed by atoms with Gasteiger partial charge in [-0.3, -0.25) is 29.4 Å². The quantitative estimate of drug-likeness (QED) is 0.330. The first-order valence-corrected chi connectivity index (χ1v) is 11.7. The number of urea groups is 1. The smallest absolute Gasteiger partial charge is 0.319 e. The van der Waals surface area contributed by atoms with Gasteiger partial charge in [-0.25, -0.2) is 4.79 Å². The topological polar surface area (TPSA) is 150 Å². The van der Waals surface area contributed by atoms with Crippen LogP contribution in [0.1, 0.15) is 52.1 Å². The van der Waals surface area contributed by atoms with Gasteiger partial charge in [-0.2, -0.15) is 4.37 Å². The summed E-state index contributed by atoms with van der Waals surface area (Å²) in [5.74, 6) is -2.13. The number of fused-ring (bicyclic) bond motifs is 1. The minimum Gasteiger partial charge on any atom is -0.384 e. The molecular weight excluding hydrogens is 460 g/mol. The monoisotopic (exact) mass is 484 g/mol. The molecule has 178 valence electrons. The summed E-state index contributed by atoms with van der Waals surface area (Å²) < 4.78 is 4.10. The van der Waals surface area contributed by atoms with Gasteiger partial charge in [0.05, 0.1) is 22.5 Å². The maximum atomic E-state index is 13.1. The fraction of sp³-hybridized carbons (Fsp3) is 0.364. The molecule has 2 aromatic rings. The van der Waals surface area contributed by atoms with Gasteiger partial charge < -0.3 is 16.0 Å². The van der Waals surface area contributed by atoms with Crippen LogP contribution in [-0.4, -0.2) is 58.1 Å². The van der Waals surface area contributed by atoms with Crippen molar-refractivity contribution in [2.75, 3.05) is 23.7 Å². The Morgan fingerprint density at radius 3 is 2.68 bits per heavy atom. The second-order valence-electron chi connectivity index (χ2n) is 8.00. The van der Waals surface area contributed by atoms with E-state index < -0.39 is 29.7 Å². The molecule has 2 aliphatic rings. The minimum absolute atomic E-state index is 0.0741. The van der Waals surface area contributed by atoms with Crippen molar-refractivity contribution in [2.45, 2.75) is 38.6 Å². The van der Waals surface area contributed by atoms with Crippen LogP contribution in [0.15, 0.2) is 23.6 Å². The van der Waals surface area contributed by atoms with E-state index in [0.29, 0.717) is 37.3 Å². The predicted octanol–water partition coefficient (Wildman–Crippen LogP) is 1.87. The van der Waals surface area contributed by atoms with Crippen molar-refractivity contribution in [3.63, 3.8) is 0 Å². The Bertz CT molecular complexity index is 1160. The number of imide groups is 2. The van der Waals surface area contributed by atoms with Gasteiger partial charge >= 0.3 is 6.03 Å². The van der Waals surface area contributed by atoms with Gasteiger partial charge in [-0.05, 0) is 49.9 Å². The summed E-state index contributed by atoms with van der Waals surface area (Å²) in [6.45, 7) is 2.81. The molecule has 2 aliphatic heterocycles. The third-order valence-corrected chi connectivity index (χ3v) is 6.39. The summed E-state index contributed by atoms with van der Waals surface area (Å²) >= 11 is 1.28. The zero-order chi connectivity index (χ0) is 24.2. The Morgan fingerprint density at radius 2 is 1.94 bits per heavy atom. The highest BCUT2D eigenvalue weighted by Crippen LogP contribution is 2.32. The molecule has 6 amide bonds. The highest BCUT2D eigenvalue weighted by atomic mass is 32.1. The molecule has 0 saturated carbocycles. The average molecular weight is 485 g/mol. The number of aromatic nitrogens is 1. The Hall–Kier alpha value is -3.80. The molecule has 1 saturated heterocycles. The van der Waals surface area contributed by atoms with Crippen LogP contribution in [0.3, 0.4) is 0 Å². The van der Waals surface area contributed by atoms with Crippen LogP contribution in [0.2, 0.25) is 0 Å². The van der Waals surface area contributed by atoms with E-state index in [4.69, 9.17) is 0 Å². The number of piperidine rings is 1. The average Bonchev–Trinajstić information content (AvgIpc) is 3.31. The number of unbranched alkanes of at least 4 members (excludes halogenated alkanes) is 1. The van der Waals surface area contributed by atoms with Gasteiger partial charge in [-0.15, -0.1) is 0 Å². The Balaban J connectivity index is 1.28. The number of benzene rings is 1. The number of nitrogens with one attached hydrogen (secondary N) is 4. The number of anilines is 2. The molecule has 1 unspecified atom stereocenters. The molecule has 1 aromatic carbocycles. The zero-order valence-corrected chi connectivity index (χ0v) is 19.3. The Labute approximate surface area is 199 Å². The van der Waals surface area contributed by atoms with E-state index in [9.17, 15) is 24.0 Å². The van der Waals surface area contributed by atoms with Crippen LogP contribution >= 0.6 is 11.5 Å². The molecule has 3 heterocycles. The van der Waals surface area contributed by atoms with Crippen LogP contribution in [0, 0.1) is 6.92 Å². The molecule has 1 fully saturated rings. The third kappa shape index (κ3) is 4.76. The van der Waals surface area contributed by atoms with Crippen LogP contribution in [-0.2, 0) is 9.59 Å². The predicted molar refractivity (Wildman–Crippen MR) is 125 cm³/mol. The first-order chi connectivity index (χ1) is 16.4. The van der Waals surface area contributed by atoms with Crippen molar-refractivity contribution in [2.24, 2.45) is 0 Å². The van der Waals surface area contributed by atoms with Crippen molar-refractivity contribution in [1.82, 2.24) is 19.9 Å². The lowest BCUT2D eigenvalue weighted by molar-refractivity contribution is -0.136. The Morgan fingerprint density at radius 1 is 1.15 bits per heavy atom. The number of nitrogens with zero attached hydrogens (tertiary/aromatic N) is 2. The molecule has 0 bridgehead atoms. The van der Waals surface area contributed by atoms with Gasteiger partial charge in [0, 0.05) is 30.6 Å². The number of hydrogen-bond acceptors (Lipinski definition) is 8. The number of amides is 6. The summed E-state index contributed by atoms with van der Waals surface area (Å²) in [5, 5.41) is 12.7. The van der Waals surface area contributed by atoms with Gasteiger partial charge in [0.25, 0.3) is 11.8 Å². The van der Waals surface area contributed by atoms with E-state index >= 15 is 0 Å². The van der Waals surface area contributed by atoms with E-state index in [-0.39, 0.29) is 30.0 Å². The largest absolute Gasteiger partial charge is 0.384 e. The van der Waals surface area contributed by atoms with Crippen LogP contribution in [0.5, 0.6) is 0 Å². The third-order valence-electron chi connectivity index (χ3n) is 5.67. The van der Waals surface area contributed by atoms with Crippen molar-refractivity contribution < 1.29 is 24.0 Å². The fourth-order valence-corrected chi connectivity index (χ4v) is 4.56. The molecule has 1 aromatic heterocycles. The molecule has 1 atom stereocenters. The van der Waals surface area contributed by atoms with E-state index in [1.165, 1.54) is 11.5 Å². The second-order valence-corrected chi connectivity index (χ2v) is 8.63. The lowest BCUT2D eigenvalue weighted by atomic mass is 10.0. The van der Waals surface area contributed by atoms with E-state index in [1.807, 2.05) is 6.92 Å². The van der Waals surface area contributed by atoms with Crippen molar-refractivity contribution >= 4 is 52.6 Å². The molecule has 4 N–H and O–H groups in total.